The van der Waals surface area contributed by atoms with Crippen LogP contribution in [0.5, 0.6) is 0 Å². The molecule has 0 bridgehead atoms. The molecular weight excluding hydrogens is 355 g/mol. The molecular formula is C22H27FN4O. The highest BCUT2D eigenvalue weighted by atomic mass is 19.1. The summed E-state index contributed by atoms with van der Waals surface area (Å²) in [5.74, 6) is 0.463. The second-order valence-corrected chi connectivity index (χ2v) is 7.84. The number of nitrogens with zero attached hydrogens (tertiary/aromatic N) is 4. The van der Waals surface area contributed by atoms with Crippen LogP contribution in [0.2, 0.25) is 0 Å². The molecule has 0 aliphatic heterocycles. The molecule has 0 spiro atoms. The molecule has 0 radical (unpaired) electrons. The largest absolute Gasteiger partial charge is 0.389 e. The normalized spacial score (nSPS) is 15.1. The van der Waals surface area contributed by atoms with Gasteiger partial charge in [-0.15, -0.1) is 0 Å². The van der Waals surface area contributed by atoms with Crippen molar-refractivity contribution in [1.82, 2.24) is 19.6 Å². The van der Waals surface area contributed by atoms with Crippen LogP contribution in [0.1, 0.15) is 60.7 Å². The lowest BCUT2D eigenvalue weighted by atomic mass is 9.97. The molecule has 1 N–H and O–H groups in total. The van der Waals surface area contributed by atoms with E-state index in [0.717, 1.165) is 42.2 Å². The second-order valence-electron chi connectivity index (χ2n) is 7.84. The number of hydrogen-bond donors (Lipinski definition) is 1. The number of aliphatic hydroxyl groups excluding tert-OH is 1. The fourth-order valence-corrected chi connectivity index (χ4v) is 3.64. The average molecular weight is 382 g/mol. The summed E-state index contributed by atoms with van der Waals surface area (Å²) in [6, 6.07) is 4.61. The number of aliphatic hydroxyl groups is 1. The van der Waals surface area contributed by atoms with Crippen molar-refractivity contribution in [3.63, 3.8) is 0 Å². The van der Waals surface area contributed by atoms with Gasteiger partial charge in [0, 0.05) is 38.3 Å². The minimum absolute atomic E-state index is 0.331. The summed E-state index contributed by atoms with van der Waals surface area (Å²) >= 11 is 0. The van der Waals surface area contributed by atoms with Gasteiger partial charge >= 0.3 is 0 Å². The maximum atomic E-state index is 13.6. The second kappa shape index (κ2) is 7.87. The zero-order valence-corrected chi connectivity index (χ0v) is 16.5. The van der Waals surface area contributed by atoms with Gasteiger partial charge in [0.2, 0.25) is 0 Å². The van der Waals surface area contributed by atoms with Gasteiger partial charge in [0.15, 0.2) is 0 Å². The lowest BCUT2D eigenvalue weighted by molar-refractivity contribution is 0.198. The summed E-state index contributed by atoms with van der Waals surface area (Å²) in [6.45, 7) is 5.53. The summed E-state index contributed by atoms with van der Waals surface area (Å²) in [5.41, 5.74) is 4.81. The van der Waals surface area contributed by atoms with Crippen LogP contribution in [-0.4, -0.2) is 24.7 Å². The number of aryl methyl sites for hydroxylation is 1. The Morgan fingerprint density at radius 3 is 2.71 bits per heavy atom. The molecule has 6 heteroatoms. The number of aromatic nitrogens is 4. The lowest BCUT2D eigenvalue weighted by Crippen LogP contribution is -2.03. The minimum Gasteiger partial charge on any atom is -0.389 e. The van der Waals surface area contributed by atoms with E-state index in [9.17, 15) is 9.50 Å². The Hall–Kier alpha value is -2.47. The van der Waals surface area contributed by atoms with E-state index in [4.69, 9.17) is 5.10 Å². The van der Waals surface area contributed by atoms with E-state index in [2.05, 4.69) is 24.4 Å². The molecule has 1 fully saturated rings. The molecule has 1 unspecified atom stereocenters. The van der Waals surface area contributed by atoms with Crippen LogP contribution < -0.4 is 0 Å². The fourth-order valence-electron chi connectivity index (χ4n) is 3.64. The molecule has 2 heterocycles. The molecule has 4 rings (SSSR count). The molecule has 1 aromatic carbocycles. The Morgan fingerprint density at radius 1 is 1.18 bits per heavy atom. The summed E-state index contributed by atoms with van der Waals surface area (Å²) < 4.78 is 17.6. The Morgan fingerprint density at radius 2 is 2.00 bits per heavy atom. The Balaban J connectivity index is 1.57. The van der Waals surface area contributed by atoms with Crippen LogP contribution in [0, 0.1) is 11.7 Å². The van der Waals surface area contributed by atoms with Crippen LogP contribution in [0.15, 0.2) is 36.8 Å². The first-order valence-electron chi connectivity index (χ1n) is 10.0. The van der Waals surface area contributed by atoms with E-state index >= 15 is 0 Å². The predicted octanol–water partition coefficient (Wildman–Crippen LogP) is 3.88. The molecule has 1 saturated carbocycles. The zero-order chi connectivity index (χ0) is 19.7. The van der Waals surface area contributed by atoms with Gasteiger partial charge in [-0.2, -0.15) is 10.2 Å². The topological polar surface area (TPSA) is 55.9 Å². The van der Waals surface area contributed by atoms with Gasteiger partial charge in [-0.05, 0) is 67.0 Å². The third-order valence-electron chi connectivity index (χ3n) is 5.39. The van der Waals surface area contributed by atoms with Crippen molar-refractivity contribution in [2.24, 2.45) is 5.92 Å². The lowest BCUT2D eigenvalue weighted by Gasteiger charge is -2.12. The Bertz CT molecular complexity index is 955. The smallest absolute Gasteiger partial charge is 0.123 e. The molecule has 5 nitrogen and oxygen atoms in total. The summed E-state index contributed by atoms with van der Waals surface area (Å²) in [6.07, 6.45) is 9.39. The van der Waals surface area contributed by atoms with Crippen molar-refractivity contribution in [1.29, 1.82) is 0 Å². The number of hydrogen-bond acceptors (Lipinski definition) is 3. The first-order valence-corrected chi connectivity index (χ1v) is 10.0. The number of benzene rings is 1. The van der Waals surface area contributed by atoms with Gasteiger partial charge < -0.3 is 5.11 Å². The van der Waals surface area contributed by atoms with E-state index in [1.807, 2.05) is 15.6 Å². The van der Waals surface area contributed by atoms with Gasteiger partial charge in [0.05, 0.1) is 18.0 Å². The molecule has 2 aromatic heterocycles. The average Bonchev–Trinajstić information content (AvgIpc) is 3.24. The van der Waals surface area contributed by atoms with Crippen LogP contribution in [-0.2, 0) is 25.9 Å². The molecule has 28 heavy (non-hydrogen) atoms. The maximum absolute atomic E-state index is 13.6. The van der Waals surface area contributed by atoms with Crippen LogP contribution >= 0.6 is 0 Å². The Labute approximate surface area is 164 Å². The highest BCUT2D eigenvalue weighted by Crippen LogP contribution is 2.30. The zero-order valence-electron chi connectivity index (χ0n) is 16.5. The maximum Gasteiger partial charge on any atom is 0.123 e. The third kappa shape index (κ3) is 4.33. The van der Waals surface area contributed by atoms with Crippen molar-refractivity contribution in [2.75, 3.05) is 0 Å². The van der Waals surface area contributed by atoms with Crippen molar-refractivity contribution in [3.8, 4) is 0 Å². The SMILES string of the molecule is CCn1cc(Cc2cnn(CC3CC3)c2)c(Cc2ccc(F)cc2C(C)O)n1. The van der Waals surface area contributed by atoms with E-state index in [1.165, 1.54) is 30.5 Å². The van der Waals surface area contributed by atoms with E-state index in [0.29, 0.717) is 12.0 Å². The number of rotatable bonds is 8. The molecule has 148 valence electrons. The van der Waals surface area contributed by atoms with Gasteiger partial charge in [0.25, 0.3) is 0 Å². The van der Waals surface area contributed by atoms with Crippen LogP contribution in [0.4, 0.5) is 4.39 Å². The van der Waals surface area contributed by atoms with E-state index < -0.39 is 6.10 Å². The van der Waals surface area contributed by atoms with E-state index in [-0.39, 0.29) is 5.82 Å². The molecule has 0 amide bonds. The van der Waals surface area contributed by atoms with Crippen molar-refractivity contribution < 1.29 is 9.50 Å². The first kappa shape index (κ1) is 18.9. The quantitative estimate of drug-likeness (QED) is 0.643. The highest BCUT2D eigenvalue weighted by molar-refractivity contribution is 5.36. The van der Waals surface area contributed by atoms with Crippen molar-refractivity contribution >= 4 is 0 Å². The van der Waals surface area contributed by atoms with E-state index in [1.54, 1.807) is 13.0 Å². The third-order valence-corrected chi connectivity index (χ3v) is 5.39. The van der Waals surface area contributed by atoms with Crippen LogP contribution in [0.25, 0.3) is 0 Å². The van der Waals surface area contributed by atoms with Gasteiger partial charge in [-0.25, -0.2) is 4.39 Å². The fraction of sp³-hybridized carbons (Fsp3) is 0.455. The van der Waals surface area contributed by atoms with Crippen molar-refractivity contribution in [3.05, 3.63) is 70.6 Å². The molecule has 1 atom stereocenters. The molecule has 1 aliphatic rings. The molecule has 1 aliphatic carbocycles. The summed E-state index contributed by atoms with van der Waals surface area (Å²) in [4.78, 5) is 0. The highest BCUT2D eigenvalue weighted by Gasteiger charge is 2.22. The molecule has 3 aromatic rings. The predicted molar refractivity (Wildman–Crippen MR) is 105 cm³/mol. The van der Waals surface area contributed by atoms with Gasteiger partial charge in [-0.1, -0.05) is 6.07 Å². The van der Waals surface area contributed by atoms with Crippen LogP contribution in [0.3, 0.4) is 0 Å². The van der Waals surface area contributed by atoms with Gasteiger partial charge in [-0.3, -0.25) is 9.36 Å². The Kier molecular flexibility index (Phi) is 5.31. The van der Waals surface area contributed by atoms with Gasteiger partial charge in [0.1, 0.15) is 5.82 Å². The molecule has 0 saturated heterocycles. The summed E-state index contributed by atoms with van der Waals surface area (Å²) in [7, 11) is 0. The van der Waals surface area contributed by atoms with Crippen molar-refractivity contribution in [2.45, 2.75) is 58.7 Å². The monoisotopic (exact) mass is 382 g/mol. The number of halogens is 1. The first-order chi connectivity index (χ1) is 13.5. The standard InChI is InChI=1S/C22H27FN4O/c1-3-26-14-19(8-17-11-24-27(13-17)12-16-4-5-16)22(25-26)9-18-6-7-20(23)10-21(18)15(2)28/h6-7,10-11,13-16,28H,3-5,8-9,12H2,1-2H3. The minimum atomic E-state index is -0.719. The summed E-state index contributed by atoms with van der Waals surface area (Å²) in [5, 5.41) is 19.3.